The van der Waals surface area contributed by atoms with Crippen LogP contribution in [0.1, 0.15) is 36.0 Å². The van der Waals surface area contributed by atoms with Crippen LogP contribution in [0.5, 0.6) is 11.5 Å². The number of hydrogen-bond acceptors (Lipinski definition) is 5. The number of aliphatic imine (C=N–C) groups is 1. The van der Waals surface area contributed by atoms with Crippen LogP contribution in [0.4, 0.5) is 4.79 Å². The molecule has 0 aliphatic carbocycles. The number of amides is 2. The molecular formula is C27H33N3O5. The van der Waals surface area contributed by atoms with Crippen LogP contribution in [0.2, 0.25) is 0 Å². The Labute approximate surface area is 206 Å². The van der Waals surface area contributed by atoms with E-state index in [1.54, 1.807) is 14.2 Å². The highest BCUT2D eigenvalue weighted by Gasteiger charge is 2.34. The zero-order valence-corrected chi connectivity index (χ0v) is 20.3. The highest BCUT2D eigenvalue weighted by molar-refractivity contribution is 6.03. The molecule has 2 atom stereocenters. The lowest BCUT2D eigenvalue weighted by molar-refractivity contribution is -0.138. The number of carboxylic acids is 1. The summed E-state index contributed by atoms with van der Waals surface area (Å²) in [6.45, 7) is 2.18. The van der Waals surface area contributed by atoms with E-state index in [4.69, 9.17) is 14.5 Å². The molecule has 2 aromatic carbocycles. The molecule has 0 radical (unpaired) electrons. The van der Waals surface area contributed by atoms with Crippen LogP contribution < -0.4 is 14.8 Å². The number of rotatable bonds is 8. The fraction of sp³-hybridized carbons (Fsp3) is 0.444. The minimum atomic E-state index is -0.806. The van der Waals surface area contributed by atoms with Crippen molar-refractivity contribution in [2.75, 3.05) is 33.9 Å². The molecule has 8 nitrogen and oxygen atoms in total. The average Bonchev–Trinajstić information content (AvgIpc) is 2.88. The summed E-state index contributed by atoms with van der Waals surface area (Å²) in [6.07, 6.45) is 2.18. The van der Waals surface area contributed by atoms with E-state index in [2.05, 4.69) is 5.32 Å². The Morgan fingerprint density at radius 1 is 1.11 bits per heavy atom. The Hall–Kier alpha value is -3.55. The van der Waals surface area contributed by atoms with Crippen molar-refractivity contribution in [3.05, 3.63) is 59.2 Å². The number of fused-ring (bicyclic) bond motifs is 1. The first kappa shape index (κ1) is 24.6. The van der Waals surface area contributed by atoms with Gasteiger partial charge in [0.2, 0.25) is 0 Å². The number of urea groups is 1. The zero-order chi connectivity index (χ0) is 24.8. The number of carbonyl (C=O) groups is 2. The standard InChI is InChI=1S/C27H33N3O5/c1-34-24-13-20-8-10-28-23(22(20)15-25(24)35-2)12-21-17-30(11-9-19(21)14-26(31)32)27(33)29-16-18-6-4-3-5-7-18/h3-7,13,15,19,21H,8-12,14,16-17H2,1-2H3,(H,29,33)(H,31,32)/t19-,21-/m0/s1. The first-order valence-corrected chi connectivity index (χ1v) is 12.1. The van der Waals surface area contributed by atoms with Crippen LogP contribution >= 0.6 is 0 Å². The number of piperidine rings is 1. The van der Waals surface area contributed by atoms with E-state index in [9.17, 15) is 14.7 Å². The smallest absolute Gasteiger partial charge is 0.317 e. The molecule has 1 fully saturated rings. The third kappa shape index (κ3) is 5.93. The molecule has 8 heteroatoms. The number of ether oxygens (including phenoxy) is 2. The minimum absolute atomic E-state index is 0.000113. The first-order chi connectivity index (χ1) is 17.0. The minimum Gasteiger partial charge on any atom is -0.493 e. The number of carbonyl (C=O) groups excluding carboxylic acids is 1. The molecule has 2 aliphatic heterocycles. The Kier molecular flexibility index (Phi) is 7.90. The number of nitrogens with zero attached hydrogens (tertiary/aromatic N) is 2. The van der Waals surface area contributed by atoms with Gasteiger partial charge in [-0.05, 0) is 54.4 Å². The maximum absolute atomic E-state index is 12.9. The van der Waals surface area contributed by atoms with Crippen molar-refractivity contribution in [2.45, 2.75) is 32.2 Å². The van der Waals surface area contributed by atoms with Crippen LogP contribution in [0.15, 0.2) is 47.5 Å². The van der Waals surface area contributed by atoms with Crippen LogP contribution in [0.25, 0.3) is 0 Å². The van der Waals surface area contributed by atoms with Gasteiger partial charge in [0.05, 0.1) is 14.2 Å². The lowest BCUT2D eigenvalue weighted by atomic mass is 9.78. The molecule has 2 amide bonds. The number of likely N-dealkylation sites (tertiary alicyclic amines) is 1. The van der Waals surface area contributed by atoms with Crippen LogP contribution in [0.3, 0.4) is 0 Å². The van der Waals surface area contributed by atoms with Gasteiger partial charge in [-0.15, -0.1) is 0 Å². The fourth-order valence-corrected chi connectivity index (χ4v) is 5.09. The third-order valence-electron chi connectivity index (χ3n) is 6.96. The zero-order valence-electron chi connectivity index (χ0n) is 20.3. The molecule has 2 N–H and O–H groups in total. The lowest BCUT2D eigenvalue weighted by Gasteiger charge is -2.38. The summed E-state index contributed by atoms with van der Waals surface area (Å²) in [7, 11) is 3.23. The number of carboxylic acid groups (broad SMARTS) is 1. The number of nitrogens with one attached hydrogen (secondary N) is 1. The maximum Gasteiger partial charge on any atom is 0.317 e. The summed E-state index contributed by atoms with van der Waals surface area (Å²) in [6, 6.07) is 13.6. The van der Waals surface area contributed by atoms with Gasteiger partial charge in [-0.1, -0.05) is 30.3 Å². The third-order valence-corrected chi connectivity index (χ3v) is 6.96. The van der Waals surface area contributed by atoms with Gasteiger partial charge in [0, 0.05) is 43.9 Å². The summed E-state index contributed by atoms with van der Waals surface area (Å²) in [5, 5.41) is 12.5. The maximum atomic E-state index is 12.9. The van der Waals surface area contributed by atoms with E-state index >= 15 is 0 Å². The Morgan fingerprint density at radius 3 is 2.57 bits per heavy atom. The van der Waals surface area contributed by atoms with Gasteiger partial charge in [0.15, 0.2) is 11.5 Å². The van der Waals surface area contributed by atoms with Gasteiger partial charge in [-0.2, -0.15) is 0 Å². The SMILES string of the molecule is COc1cc2c(cc1OC)C(C[C@H]1CN(C(=O)NCc3ccccc3)CC[C@H]1CC(=O)O)=NCC2. The van der Waals surface area contributed by atoms with E-state index in [1.165, 1.54) is 0 Å². The van der Waals surface area contributed by atoms with Crippen molar-refractivity contribution < 1.29 is 24.2 Å². The predicted octanol–water partition coefficient (Wildman–Crippen LogP) is 3.76. The fourth-order valence-electron chi connectivity index (χ4n) is 5.09. The number of aliphatic carboxylic acids is 1. The number of hydrogen-bond donors (Lipinski definition) is 2. The molecule has 0 aromatic heterocycles. The van der Waals surface area contributed by atoms with Gasteiger partial charge in [0.1, 0.15) is 0 Å². The second-order valence-corrected chi connectivity index (χ2v) is 9.14. The monoisotopic (exact) mass is 479 g/mol. The summed E-state index contributed by atoms with van der Waals surface area (Å²) in [4.78, 5) is 31.1. The van der Waals surface area contributed by atoms with Gasteiger partial charge in [-0.25, -0.2) is 4.79 Å². The van der Waals surface area contributed by atoms with Crippen LogP contribution in [-0.4, -0.2) is 61.6 Å². The van der Waals surface area contributed by atoms with Gasteiger partial charge in [-0.3, -0.25) is 9.79 Å². The highest BCUT2D eigenvalue weighted by atomic mass is 16.5. The van der Waals surface area contributed by atoms with Crippen LogP contribution in [-0.2, 0) is 17.8 Å². The average molecular weight is 480 g/mol. The largest absolute Gasteiger partial charge is 0.493 e. The molecule has 0 saturated carbocycles. The van der Waals surface area contributed by atoms with E-state index in [0.29, 0.717) is 50.5 Å². The lowest BCUT2D eigenvalue weighted by Crippen LogP contribution is -2.48. The quantitative estimate of drug-likeness (QED) is 0.601. The molecule has 186 valence electrons. The molecule has 0 bridgehead atoms. The van der Waals surface area contributed by atoms with Crippen molar-refractivity contribution >= 4 is 17.7 Å². The van der Waals surface area contributed by atoms with E-state index in [0.717, 1.165) is 28.8 Å². The molecule has 2 heterocycles. The second-order valence-electron chi connectivity index (χ2n) is 9.14. The first-order valence-electron chi connectivity index (χ1n) is 12.1. The van der Waals surface area contributed by atoms with Crippen molar-refractivity contribution in [1.29, 1.82) is 0 Å². The van der Waals surface area contributed by atoms with Gasteiger partial charge >= 0.3 is 12.0 Å². The molecule has 35 heavy (non-hydrogen) atoms. The van der Waals surface area contributed by atoms with E-state index in [-0.39, 0.29) is 24.3 Å². The van der Waals surface area contributed by atoms with Gasteiger partial charge in [0.25, 0.3) is 0 Å². The molecule has 0 spiro atoms. The number of methoxy groups -OCH3 is 2. The summed E-state index contributed by atoms with van der Waals surface area (Å²) >= 11 is 0. The van der Waals surface area contributed by atoms with Crippen molar-refractivity contribution in [3.8, 4) is 11.5 Å². The van der Waals surface area contributed by atoms with E-state index < -0.39 is 5.97 Å². The topological polar surface area (TPSA) is 100 Å². The summed E-state index contributed by atoms with van der Waals surface area (Å²) < 4.78 is 11.0. The summed E-state index contributed by atoms with van der Waals surface area (Å²) in [5.41, 5.74) is 4.15. The predicted molar refractivity (Wildman–Crippen MR) is 133 cm³/mol. The van der Waals surface area contributed by atoms with Crippen LogP contribution in [0, 0.1) is 11.8 Å². The molecule has 2 aliphatic rings. The molecule has 4 rings (SSSR count). The van der Waals surface area contributed by atoms with Gasteiger partial charge < -0.3 is 24.8 Å². The van der Waals surface area contributed by atoms with E-state index in [1.807, 2.05) is 47.4 Å². The van der Waals surface area contributed by atoms with Crippen molar-refractivity contribution in [2.24, 2.45) is 16.8 Å². The Morgan fingerprint density at radius 2 is 1.86 bits per heavy atom. The second kappa shape index (κ2) is 11.3. The van der Waals surface area contributed by atoms with Crippen molar-refractivity contribution in [1.82, 2.24) is 10.2 Å². The summed E-state index contributed by atoms with van der Waals surface area (Å²) in [5.74, 6) is 0.516. The highest BCUT2D eigenvalue weighted by Crippen LogP contribution is 2.36. The normalized spacial score (nSPS) is 19.4. The van der Waals surface area contributed by atoms with Crippen molar-refractivity contribution in [3.63, 3.8) is 0 Å². The molecule has 2 aromatic rings. The Bertz CT molecular complexity index is 1090. The Balaban J connectivity index is 1.50. The molecule has 1 saturated heterocycles. The molecular weight excluding hydrogens is 446 g/mol. The molecule has 0 unspecified atom stereocenters. The number of benzene rings is 2.